The first-order valence-corrected chi connectivity index (χ1v) is 12.7. The van der Waals surface area contributed by atoms with Gasteiger partial charge in [-0.1, -0.05) is 45.8 Å². The van der Waals surface area contributed by atoms with Crippen LogP contribution in [0.25, 0.3) is 0 Å². The van der Waals surface area contributed by atoms with Gasteiger partial charge in [-0.05, 0) is 116 Å². The largest absolute Gasteiger partial charge is 0.393 e. The Morgan fingerprint density at radius 3 is 2.64 bits per heavy atom. The minimum absolute atomic E-state index is 0.0735. The Morgan fingerprint density at radius 1 is 1.11 bits per heavy atom. The van der Waals surface area contributed by atoms with Crippen molar-refractivity contribution in [3.8, 4) is 0 Å². The summed E-state index contributed by atoms with van der Waals surface area (Å²) in [4.78, 5) is 0. The minimum Gasteiger partial charge on any atom is -0.393 e. The molecule has 0 aromatic rings. The van der Waals surface area contributed by atoms with Crippen LogP contribution in [0.15, 0.2) is 11.6 Å². The molecule has 158 valence electrons. The van der Waals surface area contributed by atoms with Crippen molar-refractivity contribution < 1.29 is 5.11 Å². The molecule has 4 saturated carbocycles. The molecule has 0 bridgehead atoms. The molecule has 1 heteroatoms. The molecule has 10 atom stereocenters. The van der Waals surface area contributed by atoms with Gasteiger partial charge in [0.2, 0.25) is 0 Å². The van der Waals surface area contributed by atoms with Gasteiger partial charge < -0.3 is 5.11 Å². The fourth-order valence-electron chi connectivity index (χ4n) is 9.10. The molecule has 5 aliphatic rings. The zero-order chi connectivity index (χ0) is 19.7. The molecule has 5 rings (SSSR count). The number of allylic oxidation sites excluding steroid dienone is 1. The van der Waals surface area contributed by atoms with E-state index in [4.69, 9.17) is 0 Å². The van der Waals surface area contributed by atoms with Crippen molar-refractivity contribution in [3.63, 3.8) is 0 Å². The minimum atomic E-state index is -0.0735. The second kappa shape index (κ2) is 6.86. The maximum atomic E-state index is 10.2. The van der Waals surface area contributed by atoms with Crippen molar-refractivity contribution in [2.24, 2.45) is 52.3 Å². The van der Waals surface area contributed by atoms with Crippen molar-refractivity contribution in [1.29, 1.82) is 0 Å². The summed E-state index contributed by atoms with van der Waals surface area (Å²) >= 11 is 0. The molecule has 0 saturated heterocycles. The molecule has 28 heavy (non-hydrogen) atoms. The summed E-state index contributed by atoms with van der Waals surface area (Å²) in [7, 11) is 0. The van der Waals surface area contributed by atoms with E-state index in [1.54, 1.807) is 5.57 Å². The summed E-state index contributed by atoms with van der Waals surface area (Å²) in [5.74, 6) is 6.75. The standard InChI is InChI=1S/C27H44O/c1-17(5-6-19-15-18(19)2)23-9-10-24-22-8-7-20-16-21(28)11-13-26(20,3)25(22)12-14-27(23,24)4/h7,17-19,21-25,28H,5-6,8-16H2,1-4H3/t17-,18+,19+,21+,22+,23-,24+,25+,26+,27-/m1/s1. The van der Waals surface area contributed by atoms with Crippen LogP contribution in [-0.4, -0.2) is 11.2 Å². The average Bonchev–Trinajstić information content (AvgIpc) is 3.25. The monoisotopic (exact) mass is 384 g/mol. The predicted molar refractivity (Wildman–Crippen MR) is 117 cm³/mol. The Hall–Kier alpha value is -0.300. The SMILES string of the molecule is C[C@H](CC[C@H]1C[C@@H]1C)[C@H]1CC[C@H]2[C@@H]3CC=C4C[C@@H](O)CC[C@]4(C)[C@H]3CC[C@]12C. The summed E-state index contributed by atoms with van der Waals surface area (Å²) in [6, 6.07) is 0. The van der Waals surface area contributed by atoms with Crippen molar-refractivity contribution in [1.82, 2.24) is 0 Å². The number of hydrogen-bond donors (Lipinski definition) is 1. The molecule has 0 spiro atoms. The van der Waals surface area contributed by atoms with Gasteiger partial charge in [0.05, 0.1) is 6.10 Å². The van der Waals surface area contributed by atoms with Crippen LogP contribution in [0, 0.1) is 52.3 Å². The zero-order valence-electron chi connectivity index (χ0n) is 18.9. The van der Waals surface area contributed by atoms with Gasteiger partial charge in [0.25, 0.3) is 0 Å². The number of aliphatic hydroxyl groups is 1. The molecule has 0 radical (unpaired) electrons. The Balaban J connectivity index is 1.32. The number of aliphatic hydroxyl groups excluding tert-OH is 1. The number of hydrogen-bond acceptors (Lipinski definition) is 1. The molecule has 0 aliphatic heterocycles. The van der Waals surface area contributed by atoms with Gasteiger partial charge in [-0.15, -0.1) is 0 Å². The highest BCUT2D eigenvalue weighted by Crippen LogP contribution is 2.67. The number of rotatable bonds is 4. The highest BCUT2D eigenvalue weighted by atomic mass is 16.3. The van der Waals surface area contributed by atoms with E-state index in [0.29, 0.717) is 10.8 Å². The van der Waals surface area contributed by atoms with Gasteiger partial charge in [0.15, 0.2) is 0 Å². The number of fused-ring (bicyclic) bond motifs is 5. The van der Waals surface area contributed by atoms with Crippen LogP contribution < -0.4 is 0 Å². The van der Waals surface area contributed by atoms with E-state index in [2.05, 4.69) is 33.8 Å². The molecule has 0 aromatic carbocycles. The van der Waals surface area contributed by atoms with Gasteiger partial charge in [0.1, 0.15) is 0 Å². The van der Waals surface area contributed by atoms with E-state index in [9.17, 15) is 5.11 Å². The molecule has 0 heterocycles. The van der Waals surface area contributed by atoms with Crippen LogP contribution in [0.5, 0.6) is 0 Å². The molecule has 0 aromatic heterocycles. The third kappa shape index (κ3) is 2.97. The van der Waals surface area contributed by atoms with Gasteiger partial charge in [-0.3, -0.25) is 0 Å². The van der Waals surface area contributed by atoms with Gasteiger partial charge in [-0.2, -0.15) is 0 Å². The van der Waals surface area contributed by atoms with Crippen molar-refractivity contribution in [2.75, 3.05) is 0 Å². The molecule has 5 aliphatic carbocycles. The first kappa shape index (κ1) is 19.7. The summed E-state index contributed by atoms with van der Waals surface area (Å²) < 4.78 is 0. The summed E-state index contributed by atoms with van der Waals surface area (Å²) in [6.45, 7) is 10.3. The lowest BCUT2D eigenvalue weighted by Gasteiger charge is -2.58. The molecule has 1 nitrogen and oxygen atoms in total. The first-order valence-electron chi connectivity index (χ1n) is 12.7. The Morgan fingerprint density at radius 2 is 1.89 bits per heavy atom. The van der Waals surface area contributed by atoms with Gasteiger partial charge >= 0.3 is 0 Å². The normalized spacial score (nSPS) is 53.6. The van der Waals surface area contributed by atoms with E-state index in [-0.39, 0.29) is 6.10 Å². The maximum Gasteiger partial charge on any atom is 0.0577 e. The van der Waals surface area contributed by atoms with Crippen molar-refractivity contribution in [2.45, 2.75) is 104 Å². The lowest BCUT2D eigenvalue weighted by atomic mass is 9.47. The van der Waals surface area contributed by atoms with E-state index < -0.39 is 0 Å². The molecule has 4 fully saturated rings. The second-order valence-electron chi connectivity index (χ2n) is 12.4. The van der Waals surface area contributed by atoms with E-state index in [1.807, 2.05) is 0 Å². The fraction of sp³-hybridized carbons (Fsp3) is 0.926. The first-order chi connectivity index (χ1) is 13.3. The molecular formula is C27H44O. The predicted octanol–water partition coefficient (Wildman–Crippen LogP) is 7.00. The van der Waals surface area contributed by atoms with E-state index in [0.717, 1.165) is 54.3 Å². The summed E-state index contributed by atoms with van der Waals surface area (Å²) in [5, 5.41) is 10.2. The lowest BCUT2D eigenvalue weighted by Crippen LogP contribution is -2.50. The van der Waals surface area contributed by atoms with Crippen LogP contribution in [0.4, 0.5) is 0 Å². The Kier molecular flexibility index (Phi) is 4.81. The van der Waals surface area contributed by atoms with Crippen LogP contribution >= 0.6 is 0 Å². The van der Waals surface area contributed by atoms with Crippen LogP contribution in [0.1, 0.15) is 98.3 Å². The Labute approximate surface area is 173 Å². The third-order valence-electron chi connectivity index (χ3n) is 11.1. The molecular weight excluding hydrogens is 340 g/mol. The highest BCUT2D eigenvalue weighted by molar-refractivity contribution is 5.25. The summed E-state index contributed by atoms with van der Waals surface area (Å²) in [6.07, 6.45) is 17.4. The van der Waals surface area contributed by atoms with E-state index in [1.165, 1.54) is 57.8 Å². The smallest absolute Gasteiger partial charge is 0.0577 e. The van der Waals surface area contributed by atoms with Crippen molar-refractivity contribution in [3.05, 3.63) is 11.6 Å². The zero-order valence-corrected chi connectivity index (χ0v) is 18.9. The quantitative estimate of drug-likeness (QED) is 0.517. The fourth-order valence-corrected chi connectivity index (χ4v) is 9.10. The molecule has 0 amide bonds. The lowest BCUT2D eigenvalue weighted by molar-refractivity contribution is -0.0573. The van der Waals surface area contributed by atoms with Gasteiger partial charge in [-0.25, -0.2) is 0 Å². The summed E-state index contributed by atoms with van der Waals surface area (Å²) in [5.41, 5.74) is 2.62. The average molecular weight is 385 g/mol. The molecule has 1 N–H and O–H groups in total. The second-order valence-corrected chi connectivity index (χ2v) is 12.4. The van der Waals surface area contributed by atoms with E-state index >= 15 is 0 Å². The van der Waals surface area contributed by atoms with Crippen LogP contribution in [0.2, 0.25) is 0 Å². The van der Waals surface area contributed by atoms with Crippen LogP contribution in [-0.2, 0) is 0 Å². The Bertz CT molecular complexity index is 636. The maximum absolute atomic E-state index is 10.2. The topological polar surface area (TPSA) is 20.2 Å². The third-order valence-corrected chi connectivity index (χ3v) is 11.1. The van der Waals surface area contributed by atoms with Crippen molar-refractivity contribution >= 4 is 0 Å². The van der Waals surface area contributed by atoms with Crippen LogP contribution in [0.3, 0.4) is 0 Å². The molecule has 0 unspecified atom stereocenters. The highest BCUT2D eigenvalue weighted by Gasteiger charge is 2.59. The van der Waals surface area contributed by atoms with Gasteiger partial charge in [0, 0.05) is 0 Å².